The minimum Gasteiger partial charge on any atom is -0.444 e. The molecule has 1 N–H and O–H groups in total. The largest absolute Gasteiger partial charge is 0.444 e. The van der Waals surface area contributed by atoms with Gasteiger partial charge in [-0.2, -0.15) is 0 Å². The van der Waals surface area contributed by atoms with Crippen LogP contribution in [0.25, 0.3) is 0 Å². The molecule has 122 valence electrons. The van der Waals surface area contributed by atoms with Crippen molar-refractivity contribution in [2.75, 3.05) is 13.1 Å². The molecule has 1 aromatic rings. The number of aliphatic hydroxyl groups excluding tert-OH is 1. The molecular weight excluding hydrogens is 353 g/mol. The van der Waals surface area contributed by atoms with Gasteiger partial charge in [0, 0.05) is 17.4 Å². The number of ether oxygens (including phenoxy) is 1. The molecule has 1 aromatic carbocycles. The summed E-state index contributed by atoms with van der Waals surface area (Å²) >= 11 is 3.30. The van der Waals surface area contributed by atoms with Gasteiger partial charge < -0.3 is 14.7 Å². The molecule has 1 fully saturated rings. The van der Waals surface area contributed by atoms with Crippen LogP contribution in [0.15, 0.2) is 28.7 Å². The van der Waals surface area contributed by atoms with E-state index in [9.17, 15) is 9.90 Å². The van der Waals surface area contributed by atoms with Gasteiger partial charge in [0.25, 0.3) is 0 Å². The van der Waals surface area contributed by atoms with Crippen molar-refractivity contribution in [1.29, 1.82) is 0 Å². The fraction of sp³-hybridized carbons (Fsp3) is 0.562. The second-order valence-corrected chi connectivity index (χ2v) is 7.56. The van der Waals surface area contributed by atoms with E-state index < -0.39 is 23.5 Å². The van der Waals surface area contributed by atoms with E-state index in [1.165, 1.54) is 4.90 Å². The van der Waals surface area contributed by atoms with E-state index >= 15 is 4.39 Å². The third-order valence-electron chi connectivity index (χ3n) is 3.58. The van der Waals surface area contributed by atoms with E-state index in [-0.39, 0.29) is 19.5 Å². The second kappa shape index (κ2) is 6.16. The van der Waals surface area contributed by atoms with Gasteiger partial charge in [0.1, 0.15) is 11.7 Å². The number of rotatable bonds is 2. The van der Waals surface area contributed by atoms with Crippen LogP contribution in [-0.4, -0.2) is 40.5 Å². The highest BCUT2D eigenvalue weighted by molar-refractivity contribution is 9.10. The summed E-state index contributed by atoms with van der Waals surface area (Å²) in [7, 11) is 0. The first-order valence-electron chi connectivity index (χ1n) is 7.21. The van der Waals surface area contributed by atoms with E-state index in [0.717, 1.165) is 4.47 Å². The Morgan fingerprint density at radius 2 is 2.00 bits per heavy atom. The molecule has 0 radical (unpaired) electrons. The summed E-state index contributed by atoms with van der Waals surface area (Å²) in [4.78, 5) is 13.3. The molecule has 1 amide bonds. The molecule has 2 rings (SSSR count). The van der Waals surface area contributed by atoms with Crippen molar-refractivity contribution >= 4 is 22.0 Å². The number of carbonyl (C=O) groups excluding carboxylic acids is 1. The van der Waals surface area contributed by atoms with Gasteiger partial charge in [-0.15, -0.1) is 0 Å². The van der Waals surface area contributed by atoms with Crippen LogP contribution >= 0.6 is 15.9 Å². The lowest BCUT2D eigenvalue weighted by atomic mass is 9.92. The number of likely N-dealkylation sites (tertiary alicyclic amines) is 1. The summed E-state index contributed by atoms with van der Waals surface area (Å²) in [6, 6.07) is 6.85. The highest BCUT2D eigenvalue weighted by atomic mass is 79.9. The zero-order valence-corrected chi connectivity index (χ0v) is 14.6. The minimum absolute atomic E-state index is 0.0868. The quantitative estimate of drug-likeness (QED) is 0.856. The lowest BCUT2D eigenvalue weighted by molar-refractivity contribution is -0.0101. The maximum Gasteiger partial charge on any atom is 0.410 e. The molecule has 6 heteroatoms. The lowest BCUT2D eigenvalue weighted by Gasteiger charge is -2.28. The van der Waals surface area contributed by atoms with Gasteiger partial charge in [0.15, 0.2) is 5.67 Å². The zero-order valence-electron chi connectivity index (χ0n) is 13.0. The molecular formula is C16H21BrFNO3. The Labute approximate surface area is 138 Å². The molecule has 4 nitrogen and oxygen atoms in total. The number of hydrogen-bond acceptors (Lipinski definition) is 3. The predicted molar refractivity (Wildman–Crippen MR) is 85.4 cm³/mol. The number of carbonyl (C=O) groups is 1. The van der Waals surface area contributed by atoms with Gasteiger partial charge in [-0.1, -0.05) is 28.1 Å². The van der Waals surface area contributed by atoms with Gasteiger partial charge in [0.2, 0.25) is 0 Å². The number of aliphatic hydroxyl groups is 1. The lowest BCUT2D eigenvalue weighted by Crippen LogP contribution is -2.40. The van der Waals surface area contributed by atoms with Gasteiger partial charge in [-0.25, -0.2) is 9.18 Å². The van der Waals surface area contributed by atoms with Gasteiger partial charge in [-0.3, -0.25) is 0 Å². The number of benzene rings is 1. The molecule has 0 aromatic heterocycles. The summed E-state index contributed by atoms with van der Waals surface area (Å²) < 4.78 is 21.1. The molecule has 2 atom stereocenters. The van der Waals surface area contributed by atoms with Crippen molar-refractivity contribution in [3.8, 4) is 0 Å². The normalized spacial score (nSPS) is 23.5. The predicted octanol–water partition coefficient (Wildman–Crippen LogP) is 3.83. The number of hydrogen-bond donors (Lipinski definition) is 1. The Hall–Kier alpha value is -1.14. The van der Waals surface area contributed by atoms with Crippen molar-refractivity contribution in [3.05, 3.63) is 34.3 Å². The molecule has 1 aliphatic rings. The fourth-order valence-corrected chi connectivity index (χ4v) is 2.71. The molecule has 1 heterocycles. The average Bonchev–Trinajstić information content (AvgIpc) is 2.81. The van der Waals surface area contributed by atoms with Gasteiger partial charge >= 0.3 is 6.09 Å². The highest BCUT2D eigenvalue weighted by Crippen LogP contribution is 2.38. The van der Waals surface area contributed by atoms with Crippen LogP contribution in [-0.2, 0) is 4.74 Å². The van der Waals surface area contributed by atoms with Gasteiger partial charge in [0.05, 0.1) is 6.54 Å². The van der Waals surface area contributed by atoms with Crippen molar-refractivity contribution < 1.29 is 19.0 Å². The number of halogens is 2. The van der Waals surface area contributed by atoms with Crippen molar-refractivity contribution in [2.24, 2.45) is 0 Å². The summed E-state index contributed by atoms with van der Waals surface area (Å²) in [6.45, 7) is 5.36. The first-order valence-corrected chi connectivity index (χ1v) is 8.00. The van der Waals surface area contributed by atoms with Crippen molar-refractivity contribution in [2.45, 2.75) is 44.6 Å². The molecule has 22 heavy (non-hydrogen) atoms. The smallest absolute Gasteiger partial charge is 0.410 e. The van der Waals surface area contributed by atoms with Crippen LogP contribution < -0.4 is 0 Å². The molecule has 0 aliphatic carbocycles. The first-order chi connectivity index (χ1) is 10.1. The third-order valence-corrected chi connectivity index (χ3v) is 4.11. The van der Waals surface area contributed by atoms with Crippen LogP contribution in [0.2, 0.25) is 0 Å². The molecule has 1 saturated heterocycles. The monoisotopic (exact) mass is 373 g/mol. The maximum absolute atomic E-state index is 15.0. The highest BCUT2D eigenvalue weighted by Gasteiger charge is 2.47. The minimum atomic E-state index is -1.86. The van der Waals surface area contributed by atoms with Crippen molar-refractivity contribution in [3.63, 3.8) is 0 Å². The SMILES string of the molecule is CC(C)(C)OC(=O)N1CCC(F)(C(O)c2ccc(Br)cc2)C1. The fourth-order valence-electron chi connectivity index (χ4n) is 2.45. The summed E-state index contributed by atoms with van der Waals surface area (Å²) in [5.74, 6) is 0. The average molecular weight is 374 g/mol. The molecule has 1 aliphatic heterocycles. The van der Waals surface area contributed by atoms with E-state index in [1.54, 1.807) is 45.0 Å². The van der Waals surface area contributed by atoms with Gasteiger partial charge in [-0.05, 0) is 38.5 Å². The summed E-state index contributed by atoms with van der Waals surface area (Å²) in [6.07, 6.45) is -1.73. The Morgan fingerprint density at radius 1 is 1.41 bits per heavy atom. The number of alkyl halides is 1. The topological polar surface area (TPSA) is 49.8 Å². The zero-order chi connectivity index (χ0) is 16.5. The van der Waals surface area contributed by atoms with E-state index in [0.29, 0.717) is 5.56 Å². The maximum atomic E-state index is 15.0. The van der Waals surface area contributed by atoms with Crippen LogP contribution in [0.5, 0.6) is 0 Å². The van der Waals surface area contributed by atoms with Crippen LogP contribution in [0, 0.1) is 0 Å². The van der Waals surface area contributed by atoms with E-state index in [2.05, 4.69) is 15.9 Å². The Morgan fingerprint density at radius 3 is 2.55 bits per heavy atom. The Bertz CT molecular complexity index is 543. The number of nitrogens with zero attached hydrogens (tertiary/aromatic N) is 1. The first kappa shape index (κ1) is 17.2. The summed E-state index contributed by atoms with van der Waals surface area (Å²) in [5.41, 5.74) is -1.98. The van der Waals surface area contributed by atoms with E-state index in [1.807, 2.05) is 0 Å². The molecule has 0 spiro atoms. The Balaban J connectivity index is 2.06. The van der Waals surface area contributed by atoms with E-state index in [4.69, 9.17) is 4.74 Å². The third kappa shape index (κ3) is 3.98. The second-order valence-electron chi connectivity index (χ2n) is 6.64. The number of amides is 1. The molecule has 0 saturated carbocycles. The van der Waals surface area contributed by atoms with Crippen LogP contribution in [0.4, 0.5) is 9.18 Å². The molecule has 2 unspecified atom stereocenters. The Kier molecular flexibility index (Phi) is 4.82. The van der Waals surface area contributed by atoms with Crippen molar-refractivity contribution in [1.82, 2.24) is 4.90 Å². The van der Waals surface area contributed by atoms with Crippen LogP contribution in [0.3, 0.4) is 0 Å². The van der Waals surface area contributed by atoms with Crippen LogP contribution in [0.1, 0.15) is 38.9 Å². The standard InChI is InChI=1S/C16H21BrFNO3/c1-15(2,3)22-14(21)19-9-8-16(18,10-19)13(20)11-4-6-12(17)7-5-11/h4-7,13,20H,8-10H2,1-3H3. The summed E-state index contributed by atoms with van der Waals surface area (Å²) in [5, 5.41) is 10.3. The molecule has 0 bridgehead atoms.